The molecule has 0 saturated carbocycles. The molecule has 76 valence electrons. The van der Waals surface area contributed by atoms with E-state index in [1.165, 1.54) is 0 Å². The van der Waals surface area contributed by atoms with Gasteiger partial charge in [0.25, 0.3) is 0 Å². The van der Waals surface area contributed by atoms with Gasteiger partial charge in [-0.15, -0.1) is 0 Å². The van der Waals surface area contributed by atoms with Gasteiger partial charge in [0.1, 0.15) is 0 Å². The van der Waals surface area contributed by atoms with Crippen LogP contribution in [-0.2, 0) is 4.79 Å². The number of likely N-dealkylation sites (tertiary alicyclic amines) is 1. The van der Waals surface area contributed by atoms with Crippen molar-refractivity contribution in [3.63, 3.8) is 0 Å². The second-order valence-corrected chi connectivity index (χ2v) is 3.78. The summed E-state index contributed by atoms with van der Waals surface area (Å²) >= 11 is 0. The van der Waals surface area contributed by atoms with Gasteiger partial charge < -0.3 is 16.0 Å². The number of rotatable bonds is 2. The van der Waals surface area contributed by atoms with E-state index in [2.05, 4.69) is 17.3 Å². The number of likely N-dealkylation sites (N-methyl/N-ethyl adjacent to an activating group) is 1. The Labute approximate surface area is 79.5 Å². The Morgan fingerprint density at radius 2 is 2.08 bits per heavy atom. The fourth-order valence-corrected chi connectivity index (χ4v) is 1.77. The lowest BCUT2D eigenvalue weighted by Gasteiger charge is -2.31. The Hall–Kier alpha value is -0.610. The molecular formula is C9H19N3O. The molecule has 4 nitrogen and oxygen atoms in total. The summed E-state index contributed by atoms with van der Waals surface area (Å²) in [6, 6.07) is -0.321. The van der Waals surface area contributed by atoms with Crippen LogP contribution in [-0.4, -0.2) is 44.0 Å². The standard InChI is InChI=1S/C9H19N3O/c1-11-9(13)8(10)7-3-5-12(2)6-4-7/h7-8H,3-6,10H2,1-2H3,(H,11,13). The molecule has 1 unspecified atom stereocenters. The number of amides is 1. The molecule has 0 aliphatic carbocycles. The zero-order valence-electron chi connectivity index (χ0n) is 8.42. The Morgan fingerprint density at radius 3 is 2.54 bits per heavy atom. The van der Waals surface area contributed by atoms with Crippen LogP contribution in [0.3, 0.4) is 0 Å². The summed E-state index contributed by atoms with van der Waals surface area (Å²) in [6.07, 6.45) is 2.07. The van der Waals surface area contributed by atoms with Crippen molar-refractivity contribution in [2.24, 2.45) is 11.7 Å². The highest BCUT2D eigenvalue weighted by molar-refractivity contribution is 5.81. The fraction of sp³-hybridized carbons (Fsp3) is 0.889. The Balaban J connectivity index is 2.39. The van der Waals surface area contributed by atoms with E-state index in [0.29, 0.717) is 5.92 Å². The SMILES string of the molecule is CNC(=O)C(N)C1CCN(C)CC1. The predicted octanol–water partition coefficient (Wildman–Crippen LogP) is -0.598. The molecule has 1 aliphatic rings. The summed E-state index contributed by atoms with van der Waals surface area (Å²) in [7, 11) is 3.73. The summed E-state index contributed by atoms with van der Waals surface area (Å²) in [5, 5.41) is 2.60. The number of carbonyl (C=O) groups excluding carboxylic acids is 1. The third-order valence-electron chi connectivity index (χ3n) is 2.82. The van der Waals surface area contributed by atoms with E-state index < -0.39 is 0 Å². The van der Waals surface area contributed by atoms with Gasteiger partial charge in [-0.25, -0.2) is 0 Å². The Bertz CT molecular complexity index is 176. The van der Waals surface area contributed by atoms with Crippen molar-refractivity contribution in [2.75, 3.05) is 27.2 Å². The van der Waals surface area contributed by atoms with Gasteiger partial charge in [0.2, 0.25) is 5.91 Å². The van der Waals surface area contributed by atoms with Crippen molar-refractivity contribution < 1.29 is 4.79 Å². The first-order valence-electron chi connectivity index (χ1n) is 4.81. The van der Waals surface area contributed by atoms with E-state index in [9.17, 15) is 4.79 Å². The van der Waals surface area contributed by atoms with Gasteiger partial charge in [-0.05, 0) is 38.9 Å². The number of hydrogen-bond acceptors (Lipinski definition) is 3. The summed E-state index contributed by atoms with van der Waals surface area (Å²) < 4.78 is 0. The molecule has 4 heteroatoms. The maximum Gasteiger partial charge on any atom is 0.236 e. The molecule has 1 atom stereocenters. The third kappa shape index (κ3) is 2.67. The topological polar surface area (TPSA) is 58.4 Å². The van der Waals surface area contributed by atoms with Crippen molar-refractivity contribution in [2.45, 2.75) is 18.9 Å². The van der Waals surface area contributed by atoms with Crippen LogP contribution in [0.25, 0.3) is 0 Å². The first-order valence-corrected chi connectivity index (χ1v) is 4.81. The maximum atomic E-state index is 11.2. The van der Waals surface area contributed by atoms with Crippen molar-refractivity contribution in [3.05, 3.63) is 0 Å². The zero-order valence-corrected chi connectivity index (χ0v) is 8.42. The molecular weight excluding hydrogens is 166 g/mol. The first kappa shape index (κ1) is 10.5. The van der Waals surface area contributed by atoms with Crippen molar-refractivity contribution in [1.82, 2.24) is 10.2 Å². The Kier molecular flexibility index (Phi) is 3.69. The van der Waals surface area contributed by atoms with E-state index in [0.717, 1.165) is 25.9 Å². The van der Waals surface area contributed by atoms with E-state index in [1.807, 2.05) is 0 Å². The molecule has 0 radical (unpaired) electrons. The average Bonchev–Trinajstić information content (AvgIpc) is 2.17. The molecule has 0 aromatic rings. The smallest absolute Gasteiger partial charge is 0.236 e. The van der Waals surface area contributed by atoms with Crippen LogP contribution in [0.15, 0.2) is 0 Å². The lowest BCUT2D eigenvalue weighted by atomic mass is 9.89. The molecule has 1 amide bonds. The molecule has 1 heterocycles. The second kappa shape index (κ2) is 4.58. The highest BCUT2D eigenvalue weighted by Crippen LogP contribution is 2.18. The molecule has 1 saturated heterocycles. The molecule has 13 heavy (non-hydrogen) atoms. The molecule has 1 fully saturated rings. The lowest BCUT2D eigenvalue weighted by molar-refractivity contribution is -0.123. The fourth-order valence-electron chi connectivity index (χ4n) is 1.77. The summed E-state index contributed by atoms with van der Waals surface area (Å²) in [5.74, 6) is 0.325. The summed E-state index contributed by atoms with van der Waals surface area (Å²) in [5.41, 5.74) is 5.82. The van der Waals surface area contributed by atoms with Gasteiger partial charge in [-0.3, -0.25) is 4.79 Å². The van der Waals surface area contributed by atoms with Crippen LogP contribution in [0.1, 0.15) is 12.8 Å². The lowest BCUT2D eigenvalue weighted by Crippen LogP contribution is -2.47. The van der Waals surface area contributed by atoms with Crippen molar-refractivity contribution in [1.29, 1.82) is 0 Å². The molecule has 0 aromatic carbocycles. The quantitative estimate of drug-likeness (QED) is 0.604. The minimum absolute atomic E-state index is 0.0328. The number of piperidine rings is 1. The number of nitrogens with zero attached hydrogens (tertiary/aromatic N) is 1. The zero-order chi connectivity index (χ0) is 9.84. The normalized spacial score (nSPS) is 22.7. The largest absolute Gasteiger partial charge is 0.358 e. The molecule has 0 spiro atoms. The van der Waals surface area contributed by atoms with Gasteiger partial charge in [-0.1, -0.05) is 0 Å². The summed E-state index contributed by atoms with van der Waals surface area (Å²) in [6.45, 7) is 2.10. The van der Waals surface area contributed by atoms with Crippen molar-refractivity contribution >= 4 is 5.91 Å². The van der Waals surface area contributed by atoms with Crippen LogP contribution in [0.5, 0.6) is 0 Å². The molecule has 1 aliphatic heterocycles. The van der Waals surface area contributed by atoms with Crippen molar-refractivity contribution in [3.8, 4) is 0 Å². The monoisotopic (exact) mass is 185 g/mol. The first-order chi connectivity index (χ1) is 6.15. The van der Waals surface area contributed by atoms with Crippen LogP contribution in [0.2, 0.25) is 0 Å². The second-order valence-electron chi connectivity index (χ2n) is 3.78. The maximum absolute atomic E-state index is 11.2. The van der Waals surface area contributed by atoms with Gasteiger partial charge in [-0.2, -0.15) is 0 Å². The molecule has 3 N–H and O–H groups in total. The number of nitrogens with one attached hydrogen (secondary N) is 1. The Morgan fingerprint density at radius 1 is 1.54 bits per heavy atom. The summed E-state index contributed by atoms with van der Waals surface area (Å²) in [4.78, 5) is 13.5. The third-order valence-corrected chi connectivity index (χ3v) is 2.82. The highest BCUT2D eigenvalue weighted by Gasteiger charge is 2.26. The average molecular weight is 185 g/mol. The van der Waals surface area contributed by atoms with E-state index in [4.69, 9.17) is 5.73 Å². The van der Waals surface area contributed by atoms with Gasteiger partial charge in [0.15, 0.2) is 0 Å². The molecule has 1 rings (SSSR count). The van der Waals surface area contributed by atoms with Crippen LogP contribution >= 0.6 is 0 Å². The van der Waals surface area contributed by atoms with Crippen LogP contribution in [0, 0.1) is 5.92 Å². The van der Waals surface area contributed by atoms with E-state index >= 15 is 0 Å². The number of carbonyl (C=O) groups is 1. The van der Waals surface area contributed by atoms with E-state index in [1.54, 1.807) is 7.05 Å². The highest BCUT2D eigenvalue weighted by atomic mass is 16.2. The van der Waals surface area contributed by atoms with Crippen LogP contribution in [0.4, 0.5) is 0 Å². The minimum Gasteiger partial charge on any atom is -0.358 e. The minimum atomic E-state index is -0.321. The van der Waals surface area contributed by atoms with Crippen LogP contribution < -0.4 is 11.1 Å². The number of nitrogens with two attached hydrogens (primary N) is 1. The van der Waals surface area contributed by atoms with Gasteiger partial charge in [0.05, 0.1) is 6.04 Å². The van der Waals surface area contributed by atoms with E-state index in [-0.39, 0.29) is 11.9 Å². The van der Waals surface area contributed by atoms with Gasteiger partial charge >= 0.3 is 0 Å². The molecule has 0 aromatic heterocycles. The van der Waals surface area contributed by atoms with Gasteiger partial charge in [0, 0.05) is 7.05 Å². The number of hydrogen-bond donors (Lipinski definition) is 2. The molecule has 0 bridgehead atoms. The predicted molar refractivity (Wildman–Crippen MR) is 52.3 cm³/mol.